The molecule has 2 aromatic rings. The van der Waals surface area contributed by atoms with Crippen LogP contribution in [0.25, 0.3) is 11.3 Å². The van der Waals surface area contributed by atoms with Crippen molar-refractivity contribution in [3.8, 4) is 11.3 Å². The lowest BCUT2D eigenvalue weighted by atomic mass is 9.91. The minimum absolute atomic E-state index is 0.208. The highest BCUT2D eigenvalue weighted by Crippen LogP contribution is 2.32. The van der Waals surface area contributed by atoms with Crippen LogP contribution in [0.2, 0.25) is 0 Å². The van der Waals surface area contributed by atoms with E-state index in [4.69, 9.17) is 20.6 Å². The van der Waals surface area contributed by atoms with E-state index in [-0.39, 0.29) is 11.5 Å². The number of carbonyl (C=O) groups excluding carboxylic acids is 1. The zero-order valence-corrected chi connectivity index (χ0v) is 15.8. The molecule has 3 rings (SSSR count). The number of carbonyl (C=O) groups is 2. The lowest BCUT2D eigenvalue weighted by Crippen LogP contribution is -2.43. The van der Waals surface area contributed by atoms with Gasteiger partial charge in [0.25, 0.3) is 0 Å². The van der Waals surface area contributed by atoms with Gasteiger partial charge in [-0.3, -0.25) is 4.79 Å². The monoisotopic (exact) mass is 371 g/mol. The van der Waals surface area contributed by atoms with Crippen LogP contribution in [0.15, 0.2) is 30.5 Å². The molecule has 2 unspecified atom stereocenters. The molecule has 1 aromatic carbocycles. The predicted octanol–water partition coefficient (Wildman–Crippen LogP) is 2.79. The van der Waals surface area contributed by atoms with E-state index in [9.17, 15) is 9.59 Å². The van der Waals surface area contributed by atoms with Crippen molar-refractivity contribution < 1.29 is 19.4 Å². The van der Waals surface area contributed by atoms with Crippen LogP contribution >= 0.6 is 0 Å². The Hall–Kier alpha value is -2.67. The van der Waals surface area contributed by atoms with Gasteiger partial charge < -0.3 is 20.1 Å². The van der Waals surface area contributed by atoms with Crippen molar-refractivity contribution in [3.63, 3.8) is 0 Å². The van der Waals surface area contributed by atoms with Gasteiger partial charge in [-0.15, -0.1) is 0 Å². The Morgan fingerprint density at radius 2 is 1.96 bits per heavy atom. The summed E-state index contributed by atoms with van der Waals surface area (Å²) in [7, 11) is 0. The standard InChI is InChI=1S/C20H25N3O4/c1-20(2,3)27-19(26)16(21)14-5-4-10-23-11-15(22-17(14)23)12-6-8-13(9-7-12)18(24)25/h6-9,11,14,16H,4-5,10,21H2,1-3H3,(H,24,25). The van der Waals surface area contributed by atoms with Crippen LogP contribution in [0.5, 0.6) is 0 Å². The van der Waals surface area contributed by atoms with Crippen LogP contribution in [0.3, 0.4) is 0 Å². The van der Waals surface area contributed by atoms with E-state index in [1.165, 1.54) is 0 Å². The minimum atomic E-state index is -0.964. The molecule has 1 aliphatic rings. The fourth-order valence-corrected chi connectivity index (χ4v) is 3.31. The van der Waals surface area contributed by atoms with Crippen molar-refractivity contribution in [2.75, 3.05) is 0 Å². The van der Waals surface area contributed by atoms with Crippen molar-refractivity contribution in [2.24, 2.45) is 5.73 Å². The Kier molecular flexibility index (Phi) is 5.06. The highest BCUT2D eigenvalue weighted by Gasteiger charge is 2.35. The molecule has 0 radical (unpaired) electrons. The maximum atomic E-state index is 12.4. The number of nitrogens with zero attached hydrogens (tertiary/aromatic N) is 2. The van der Waals surface area contributed by atoms with E-state index >= 15 is 0 Å². The van der Waals surface area contributed by atoms with Crippen LogP contribution < -0.4 is 5.73 Å². The summed E-state index contributed by atoms with van der Waals surface area (Å²) in [5, 5.41) is 9.03. The first-order valence-electron chi connectivity index (χ1n) is 9.05. The second kappa shape index (κ2) is 7.15. The molecule has 27 heavy (non-hydrogen) atoms. The zero-order valence-electron chi connectivity index (χ0n) is 15.8. The van der Waals surface area contributed by atoms with Crippen molar-refractivity contribution >= 4 is 11.9 Å². The lowest BCUT2D eigenvalue weighted by Gasteiger charge is -2.29. The normalized spacial score (nSPS) is 17.9. The highest BCUT2D eigenvalue weighted by molar-refractivity contribution is 5.88. The summed E-state index contributed by atoms with van der Waals surface area (Å²) >= 11 is 0. The molecule has 0 aliphatic carbocycles. The zero-order chi connectivity index (χ0) is 19.8. The molecule has 2 atom stereocenters. The molecule has 2 heterocycles. The summed E-state index contributed by atoms with van der Waals surface area (Å²) in [5.74, 6) is -0.817. The number of imidazole rings is 1. The number of carboxylic acid groups (broad SMARTS) is 1. The summed E-state index contributed by atoms with van der Waals surface area (Å²) in [6.07, 6.45) is 3.61. The smallest absolute Gasteiger partial charge is 0.335 e. The fraction of sp³-hybridized carbons (Fsp3) is 0.450. The van der Waals surface area contributed by atoms with Crippen LogP contribution in [0, 0.1) is 0 Å². The number of rotatable bonds is 4. The quantitative estimate of drug-likeness (QED) is 0.800. The lowest BCUT2D eigenvalue weighted by molar-refractivity contribution is -0.157. The Bertz CT molecular complexity index is 849. The number of carboxylic acids is 1. The largest absolute Gasteiger partial charge is 0.478 e. The number of hydrogen-bond donors (Lipinski definition) is 2. The molecule has 0 bridgehead atoms. The third kappa shape index (κ3) is 4.19. The molecule has 144 valence electrons. The number of aryl methyl sites for hydroxylation is 1. The van der Waals surface area contributed by atoms with Gasteiger partial charge in [0.15, 0.2) is 0 Å². The van der Waals surface area contributed by atoms with Crippen LogP contribution in [-0.4, -0.2) is 38.2 Å². The first-order valence-corrected chi connectivity index (χ1v) is 9.05. The molecule has 1 aromatic heterocycles. The molecule has 0 saturated carbocycles. The van der Waals surface area contributed by atoms with E-state index in [2.05, 4.69) is 0 Å². The van der Waals surface area contributed by atoms with Gasteiger partial charge in [-0.05, 0) is 45.7 Å². The van der Waals surface area contributed by atoms with Crippen molar-refractivity contribution in [3.05, 3.63) is 41.9 Å². The summed E-state index contributed by atoms with van der Waals surface area (Å²) in [5.41, 5.74) is 7.43. The molecule has 7 nitrogen and oxygen atoms in total. The van der Waals surface area contributed by atoms with E-state index in [1.807, 2.05) is 31.5 Å². The Morgan fingerprint density at radius 1 is 1.30 bits per heavy atom. The van der Waals surface area contributed by atoms with Gasteiger partial charge in [0.05, 0.1) is 11.3 Å². The molecular formula is C20H25N3O4. The van der Waals surface area contributed by atoms with Gasteiger partial charge in [0.2, 0.25) is 0 Å². The number of nitrogens with two attached hydrogens (primary N) is 1. The van der Waals surface area contributed by atoms with Gasteiger partial charge in [0.1, 0.15) is 17.5 Å². The fourth-order valence-electron chi connectivity index (χ4n) is 3.31. The number of aromatic carboxylic acids is 1. The van der Waals surface area contributed by atoms with Gasteiger partial charge in [0, 0.05) is 24.2 Å². The highest BCUT2D eigenvalue weighted by atomic mass is 16.6. The summed E-state index contributed by atoms with van der Waals surface area (Å²) in [6, 6.07) is 5.81. The topological polar surface area (TPSA) is 107 Å². The number of benzene rings is 1. The van der Waals surface area contributed by atoms with Crippen molar-refractivity contribution in [1.29, 1.82) is 0 Å². The van der Waals surface area contributed by atoms with Crippen LogP contribution in [0.1, 0.15) is 55.7 Å². The third-order valence-electron chi connectivity index (χ3n) is 4.59. The molecule has 0 amide bonds. The van der Waals surface area contributed by atoms with Gasteiger partial charge in [-0.1, -0.05) is 12.1 Å². The number of hydrogen-bond acceptors (Lipinski definition) is 5. The average molecular weight is 371 g/mol. The van der Waals surface area contributed by atoms with Crippen LogP contribution in [-0.2, 0) is 16.1 Å². The first-order chi connectivity index (χ1) is 12.7. The van der Waals surface area contributed by atoms with E-state index < -0.39 is 23.6 Å². The molecule has 0 spiro atoms. The Morgan fingerprint density at radius 3 is 2.56 bits per heavy atom. The molecule has 0 saturated heterocycles. The maximum Gasteiger partial charge on any atom is 0.335 e. The second-order valence-electron chi connectivity index (χ2n) is 7.87. The number of fused-ring (bicyclic) bond motifs is 1. The minimum Gasteiger partial charge on any atom is -0.478 e. The van der Waals surface area contributed by atoms with Crippen molar-refractivity contribution in [1.82, 2.24) is 9.55 Å². The maximum absolute atomic E-state index is 12.4. The number of aromatic nitrogens is 2. The van der Waals surface area contributed by atoms with E-state index in [0.29, 0.717) is 0 Å². The van der Waals surface area contributed by atoms with Crippen LogP contribution in [0.4, 0.5) is 0 Å². The summed E-state index contributed by atoms with van der Waals surface area (Å²) < 4.78 is 7.46. The van der Waals surface area contributed by atoms with Crippen molar-refractivity contribution in [2.45, 2.75) is 57.7 Å². The second-order valence-corrected chi connectivity index (χ2v) is 7.87. The molecular weight excluding hydrogens is 346 g/mol. The Balaban J connectivity index is 1.86. The van der Waals surface area contributed by atoms with Gasteiger partial charge in [-0.25, -0.2) is 9.78 Å². The molecule has 1 aliphatic heterocycles. The number of ether oxygens (including phenoxy) is 1. The average Bonchev–Trinajstić information content (AvgIpc) is 3.03. The van der Waals surface area contributed by atoms with Gasteiger partial charge >= 0.3 is 11.9 Å². The molecule has 3 N–H and O–H groups in total. The number of esters is 1. The first kappa shape index (κ1) is 19.1. The SMILES string of the molecule is CC(C)(C)OC(=O)C(N)C1CCCn2cc(-c3ccc(C(=O)O)cc3)nc21. The van der Waals surface area contributed by atoms with Gasteiger partial charge in [-0.2, -0.15) is 0 Å². The van der Waals surface area contributed by atoms with E-state index in [0.717, 1.165) is 36.5 Å². The van der Waals surface area contributed by atoms with E-state index in [1.54, 1.807) is 24.3 Å². The summed E-state index contributed by atoms with van der Waals surface area (Å²) in [6.45, 7) is 6.27. The Labute approximate surface area is 158 Å². The summed E-state index contributed by atoms with van der Waals surface area (Å²) in [4.78, 5) is 28.1. The molecule has 7 heteroatoms. The predicted molar refractivity (Wildman–Crippen MR) is 100 cm³/mol. The third-order valence-corrected chi connectivity index (χ3v) is 4.59. The molecule has 0 fully saturated rings.